The molecule has 1 saturated heterocycles. The van der Waals surface area contributed by atoms with Gasteiger partial charge in [0.2, 0.25) is 0 Å². The van der Waals surface area contributed by atoms with E-state index in [0.717, 1.165) is 17.1 Å². The number of nitrogens with one attached hydrogen (secondary N) is 1. The molecule has 0 radical (unpaired) electrons. The number of halogens is 1. The number of amides is 2. The molecule has 2 amide bonds. The number of benzene rings is 3. The number of ether oxygens (including phenoxy) is 2. The summed E-state index contributed by atoms with van der Waals surface area (Å²) in [7, 11) is 1.63. The second-order valence-electron chi connectivity index (χ2n) is 8.27. The van der Waals surface area contributed by atoms with Crippen LogP contribution >= 0.6 is 11.6 Å². The molecular weight excluding hydrogens is 452 g/mol. The van der Waals surface area contributed by atoms with Crippen LogP contribution in [0, 0.1) is 0 Å². The number of methoxy groups -OCH3 is 1. The van der Waals surface area contributed by atoms with Crippen molar-refractivity contribution in [2.75, 3.05) is 32.1 Å². The van der Waals surface area contributed by atoms with Crippen molar-refractivity contribution in [2.45, 2.75) is 13.0 Å². The Labute approximate surface area is 203 Å². The maximum absolute atomic E-state index is 13.0. The fourth-order valence-corrected chi connectivity index (χ4v) is 4.52. The van der Waals surface area contributed by atoms with Gasteiger partial charge in [-0.25, -0.2) is 9.79 Å². The molecule has 0 aliphatic carbocycles. The summed E-state index contributed by atoms with van der Waals surface area (Å²) in [6.45, 7) is 3.85. The number of aliphatic imine (C=N–C) groups is 1. The van der Waals surface area contributed by atoms with Crippen molar-refractivity contribution >= 4 is 34.8 Å². The van der Waals surface area contributed by atoms with Crippen LogP contribution < -0.4 is 14.8 Å². The van der Waals surface area contributed by atoms with Crippen molar-refractivity contribution in [1.29, 1.82) is 0 Å². The highest BCUT2D eigenvalue weighted by Gasteiger charge is 2.32. The summed E-state index contributed by atoms with van der Waals surface area (Å²) in [6, 6.07) is 20.5. The van der Waals surface area contributed by atoms with Gasteiger partial charge in [-0.3, -0.25) is 0 Å². The summed E-state index contributed by atoms with van der Waals surface area (Å²) in [5.74, 6) is 2.77. The molecule has 7 nitrogen and oxygen atoms in total. The Hall–Kier alpha value is -3.71. The Bertz CT molecular complexity index is 1260. The quantitative estimate of drug-likeness (QED) is 0.509. The summed E-state index contributed by atoms with van der Waals surface area (Å²) < 4.78 is 11.8. The van der Waals surface area contributed by atoms with Gasteiger partial charge in [-0.1, -0.05) is 35.9 Å². The average molecular weight is 477 g/mol. The number of rotatable bonds is 2. The first-order chi connectivity index (χ1) is 16.5. The van der Waals surface area contributed by atoms with E-state index in [2.05, 4.69) is 10.2 Å². The number of anilines is 1. The average Bonchev–Trinajstić information content (AvgIpc) is 3.00. The standard InChI is InChI=1S/C26H25ClN4O3/c1-17-16-30(13-14-31(17)26(32)28-19-8-5-7-18(27)15-19)25-20-9-6-12-23(33-2)24(20)34-22-11-4-3-10-21(22)29-25/h3-12,15,17H,13-14,16H2,1-2H3,(H,28,32). The lowest BCUT2D eigenvalue weighted by atomic mass is 10.1. The van der Waals surface area contributed by atoms with Crippen LogP contribution in [-0.2, 0) is 0 Å². The zero-order valence-corrected chi connectivity index (χ0v) is 19.7. The highest BCUT2D eigenvalue weighted by atomic mass is 35.5. The minimum atomic E-state index is -0.145. The highest BCUT2D eigenvalue weighted by molar-refractivity contribution is 6.30. The monoisotopic (exact) mass is 476 g/mol. The zero-order chi connectivity index (χ0) is 23.7. The third-order valence-electron chi connectivity index (χ3n) is 6.01. The first-order valence-corrected chi connectivity index (χ1v) is 11.5. The molecule has 1 unspecified atom stereocenters. The SMILES string of the molecule is COc1cccc2c1Oc1ccccc1N=C2N1CCN(C(=O)Nc2cccc(Cl)c2)C(C)C1. The van der Waals surface area contributed by atoms with E-state index < -0.39 is 0 Å². The summed E-state index contributed by atoms with van der Waals surface area (Å²) in [6.07, 6.45) is 0. The summed E-state index contributed by atoms with van der Waals surface area (Å²) in [5, 5.41) is 3.53. The molecule has 0 saturated carbocycles. The van der Waals surface area contributed by atoms with Crippen LogP contribution in [0.4, 0.5) is 16.2 Å². The molecule has 1 fully saturated rings. The van der Waals surface area contributed by atoms with Crippen LogP contribution in [0.2, 0.25) is 5.02 Å². The molecule has 5 rings (SSSR count). The van der Waals surface area contributed by atoms with Crippen LogP contribution in [0.25, 0.3) is 0 Å². The van der Waals surface area contributed by atoms with Crippen molar-refractivity contribution in [3.8, 4) is 17.2 Å². The zero-order valence-electron chi connectivity index (χ0n) is 19.0. The lowest BCUT2D eigenvalue weighted by Crippen LogP contribution is -2.56. The van der Waals surface area contributed by atoms with Gasteiger partial charge in [-0.05, 0) is 49.4 Å². The van der Waals surface area contributed by atoms with Crippen LogP contribution in [0.5, 0.6) is 17.2 Å². The Balaban J connectivity index is 1.41. The summed E-state index contributed by atoms with van der Waals surface area (Å²) in [4.78, 5) is 22.0. The van der Waals surface area contributed by atoms with Gasteiger partial charge in [0.15, 0.2) is 17.2 Å². The van der Waals surface area contributed by atoms with Gasteiger partial charge in [-0.15, -0.1) is 0 Å². The van der Waals surface area contributed by atoms with E-state index in [1.165, 1.54) is 0 Å². The van der Waals surface area contributed by atoms with Gasteiger partial charge in [-0.2, -0.15) is 0 Å². The third kappa shape index (κ3) is 4.26. The summed E-state index contributed by atoms with van der Waals surface area (Å²) in [5.41, 5.74) is 2.29. The molecule has 34 heavy (non-hydrogen) atoms. The smallest absolute Gasteiger partial charge is 0.322 e. The number of fused-ring (bicyclic) bond motifs is 2. The van der Waals surface area contributed by atoms with Gasteiger partial charge in [0.25, 0.3) is 0 Å². The Morgan fingerprint density at radius 3 is 2.74 bits per heavy atom. The Kier molecular flexibility index (Phi) is 6.02. The van der Waals surface area contributed by atoms with Crippen LogP contribution in [-0.4, -0.2) is 54.5 Å². The van der Waals surface area contributed by atoms with E-state index in [9.17, 15) is 4.79 Å². The largest absolute Gasteiger partial charge is 0.493 e. The third-order valence-corrected chi connectivity index (χ3v) is 6.24. The predicted molar refractivity (Wildman–Crippen MR) is 134 cm³/mol. The van der Waals surface area contributed by atoms with Gasteiger partial charge in [0, 0.05) is 36.4 Å². The maximum atomic E-state index is 13.0. The molecule has 8 heteroatoms. The minimum absolute atomic E-state index is 0.0379. The van der Waals surface area contributed by atoms with E-state index in [1.807, 2.05) is 66.4 Å². The van der Waals surface area contributed by atoms with E-state index in [4.69, 9.17) is 26.1 Å². The molecule has 2 aliphatic heterocycles. The lowest BCUT2D eigenvalue weighted by Gasteiger charge is -2.41. The number of hydrogen-bond donors (Lipinski definition) is 1. The van der Waals surface area contributed by atoms with E-state index in [1.54, 1.807) is 19.2 Å². The molecule has 1 atom stereocenters. The van der Waals surface area contributed by atoms with Gasteiger partial charge in [0.1, 0.15) is 11.5 Å². The van der Waals surface area contributed by atoms with Crippen molar-refractivity contribution in [3.63, 3.8) is 0 Å². The van der Waals surface area contributed by atoms with E-state index in [-0.39, 0.29) is 12.1 Å². The fraction of sp³-hybridized carbons (Fsp3) is 0.231. The number of carbonyl (C=O) groups is 1. The molecule has 0 bridgehead atoms. The molecule has 3 aromatic rings. The number of amidine groups is 1. The predicted octanol–water partition coefficient (Wildman–Crippen LogP) is 5.77. The van der Waals surface area contributed by atoms with Crippen LogP contribution in [0.3, 0.4) is 0 Å². The Morgan fingerprint density at radius 2 is 1.94 bits per heavy atom. The molecule has 0 spiro atoms. The molecule has 3 aromatic carbocycles. The minimum Gasteiger partial charge on any atom is -0.493 e. The number of nitrogens with zero attached hydrogens (tertiary/aromatic N) is 3. The van der Waals surface area contributed by atoms with Gasteiger partial charge >= 0.3 is 6.03 Å². The molecular formula is C26H25ClN4O3. The Morgan fingerprint density at radius 1 is 1.12 bits per heavy atom. The first kappa shape index (κ1) is 22.1. The van der Waals surface area contributed by atoms with Crippen molar-refractivity contribution in [1.82, 2.24) is 9.80 Å². The molecule has 2 aliphatic rings. The van der Waals surface area contributed by atoms with Gasteiger partial charge in [0.05, 0.1) is 12.7 Å². The highest BCUT2D eigenvalue weighted by Crippen LogP contribution is 2.42. The number of hydrogen-bond acceptors (Lipinski definition) is 5. The molecule has 0 aromatic heterocycles. The fourth-order valence-electron chi connectivity index (χ4n) is 4.33. The van der Waals surface area contributed by atoms with E-state index >= 15 is 0 Å². The topological polar surface area (TPSA) is 66.4 Å². The normalized spacial score (nSPS) is 17.0. The number of urea groups is 1. The van der Waals surface area contributed by atoms with Crippen molar-refractivity contribution < 1.29 is 14.3 Å². The maximum Gasteiger partial charge on any atom is 0.322 e. The van der Waals surface area contributed by atoms with E-state index in [0.29, 0.717) is 47.6 Å². The second-order valence-corrected chi connectivity index (χ2v) is 8.71. The van der Waals surface area contributed by atoms with Crippen molar-refractivity contribution in [2.24, 2.45) is 4.99 Å². The van der Waals surface area contributed by atoms with Crippen molar-refractivity contribution in [3.05, 3.63) is 77.3 Å². The number of para-hydroxylation sites is 3. The second kappa shape index (κ2) is 9.27. The molecule has 174 valence electrons. The van der Waals surface area contributed by atoms with Gasteiger partial charge < -0.3 is 24.6 Å². The van der Waals surface area contributed by atoms with Crippen LogP contribution in [0.1, 0.15) is 12.5 Å². The number of piperazine rings is 1. The van der Waals surface area contributed by atoms with Crippen LogP contribution in [0.15, 0.2) is 71.7 Å². The first-order valence-electron chi connectivity index (χ1n) is 11.1. The molecule has 2 heterocycles. The molecule has 1 N–H and O–H groups in total. The summed E-state index contributed by atoms with van der Waals surface area (Å²) >= 11 is 6.06. The number of carbonyl (C=O) groups excluding carboxylic acids is 1. The lowest BCUT2D eigenvalue weighted by molar-refractivity contribution is 0.145.